The zero-order valence-electron chi connectivity index (χ0n) is 14.5. The third kappa shape index (κ3) is 6.04. The van der Waals surface area contributed by atoms with E-state index in [9.17, 15) is 0 Å². The molecule has 1 atom stereocenters. The molecule has 0 saturated heterocycles. The van der Waals surface area contributed by atoms with Crippen molar-refractivity contribution in [2.75, 3.05) is 18.0 Å². The summed E-state index contributed by atoms with van der Waals surface area (Å²) in [6.45, 7) is 13.3. The van der Waals surface area contributed by atoms with Gasteiger partial charge in [-0.3, -0.25) is 4.98 Å². The fraction of sp³-hybridized carbons (Fsp3) is 0.722. The van der Waals surface area contributed by atoms with E-state index >= 15 is 0 Å². The van der Waals surface area contributed by atoms with Crippen molar-refractivity contribution in [2.45, 2.75) is 72.4 Å². The van der Waals surface area contributed by atoms with Gasteiger partial charge in [0.1, 0.15) is 0 Å². The van der Waals surface area contributed by atoms with Gasteiger partial charge in [-0.05, 0) is 52.3 Å². The second kappa shape index (κ2) is 9.78. The summed E-state index contributed by atoms with van der Waals surface area (Å²) in [4.78, 5) is 7.11. The van der Waals surface area contributed by atoms with Crippen LogP contribution in [-0.2, 0) is 0 Å². The van der Waals surface area contributed by atoms with Crippen LogP contribution in [0.4, 0.5) is 5.69 Å². The molecule has 0 aromatic carbocycles. The van der Waals surface area contributed by atoms with E-state index < -0.39 is 0 Å². The number of anilines is 1. The zero-order chi connectivity index (χ0) is 15.7. The minimum Gasteiger partial charge on any atom is -0.368 e. The van der Waals surface area contributed by atoms with Crippen LogP contribution >= 0.6 is 0 Å². The molecule has 3 nitrogen and oxygen atoms in total. The van der Waals surface area contributed by atoms with Crippen LogP contribution in [-0.4, -0.2) is 24.1 Å². The van der Waals surface area contributed by atoms with Crippen LogP contribution in [0.2, 0.25) is 0 Å². The molecule has 0 saturated carbocycles. The van der Waals surface area contributed by atoms with E-state index in [1.165, 1.54) is 24.9 Å². The van der Waals surface area contributed by atoms with Gasteiger partial charge in [-0.2, -0.15) is 0 Å². The maximum Gasteiger partial charge on any atom is 0.0572 e. The lowest BCUT2D eigenvalue weighted by molar-refractivity contribution is 0.558. The third-order valence-corrected chi connectivity index (χ3v) is 3.87. The van der Waals surface area contributed by atoms with Crippen LogP contribution in [0.25, 0.3) is 0 Å². The molecule has 3 heteroatoms. The first-order valence-electron chi connectivity index (χ1n) is 8.56. The summed E-state index contributed by atoms with van der Waals surface area (Å²) >= 11 is 0. The van der Waals surface area contributed by atoms with Gasteiger partial charge in [-0.1, -0.05) is 26.7 Å². The summed E-state index contributed by atoms with van der Waals surface area (Å²) in [5, 5.41) is 3.49. The molecule has 0 fully saturated rings. The highest BCUT2D eigenvalue weighted by Crippen LogP contribution is 2.19. The highest BCUT2D eigenvalue weighted by Gasteiger charge is 2.12. The first-order valence-corrected chi connectivity index (χ1v) is 8.56. The molecule has 0 spiro atoms. The smallest absolute Gasteiger partial charge is 0.0572 e. The Hall–Kier alpha value is -1.09. The average Bonchev–Trinajstić information content (AvgIpc) is 2.49. The van der Waals surface area contributed by atoms with E-state index in [1.807, 2.05) is 6.20 Å². The van der Waals surface area contributed by atoms with Crippen molar-refractivity contribution in [3.8, 4) is 0 Å². The van der Waals surface area contributed by atoms with Crippen LogP contribution in [0.5, 0.6) is 0 Å². The molecule has 1 aromatic rings. The van der Waals surface area contributed by atoms with Crippen molar-refractivity contribution in [1.29, 1.82) is 0 Å². The Morgan fingerprint density at radius 2 is 1.86 bits per heavy atom. The molecular formula is C18H33N3. The third-order valence-electron chi connectivity index (χ3n) is 3.87. The molecule has 1 N–H and O–H groups in total. The summed E-state index contributed by atoms with van der Waals surface area (Å²) in [5.41, 5.74) is 2.37. The molecule has 0 aliphatic carbocycles. The second-order valence-electron chi connectivity index (χ2n) is 6.11. The Kier molecular flexibility index (Phi) is 8.36. The van der Waals surface area contributed by atoms with Crippen LogP contribution < -0.4 is 10.2 Å². The monoisotopic (exact) mass is 291 g/mol. The minimum atomic E-state index is 0.326. The van der Waals surface area contributed by atoms with Crippen molar-refractivity contribution in [2.24, 2.45) is 0 Å². The van der Waals surface area contributed by atoms with Gasteiger partial charge in [0.05, 0.1) is 17.6 Å². The second-order valence-corrected chi connectivity index (χ2v) is 6.11. The van der Waals surface area contributed by atoms with Crippen LogP contribution in [0.1, 0.15) is 72.0 Å². The largest absolute Gasteiger partial charge is 0.368 e. The lowest BCUT2D eigenvalue weighted by Crippen LogP contribution is -2.32. The minimum absolute atomic E-state index is 0.326. The number of aromatic nitrogens is 1. The van der Waals surface area contributed by atoms with Crippen molar-refractivity contribution in [3.05, 3.63) is 24.0 Å². The fourth-order valence-corrected chi connectivity index (χ4v) is 2.51. The van der Waals surface area contributed by atoms with Gasteiger partial charge in [-0.25, -0.2) is 0 Å². The topological polar surface area (TPSA) is 28.2 Å². The van der Waals surface area contributed by atoms with E-state index in [1.54, 1.807) is 0 Å². The zero-order valence-corrected chi connectivity index (χ0v) is 14.5. The SMILES string of the molecule is CCCCCN(c1ccc(C(C)NCCC)nc1)C(C)C. The number of nitrogens with zero attached hydrogens (tertiary/aromatic N) is 2. The van der Waals surface area contributed by atoms with Crippen molar-refractivity contribution >= 4 is 5.69 Å². The molecule has 0 aliphatic heterocycles. The van der Waals surface area contributed by atoms with Gasteiger partial charge in [0.25, 0.3) is 0 Å². The van der Waals surface area contributed by atoms with Crippen LogP contribution in [0.15, 0.2) is 18.3 Å². The Labute approximate surface area is 131 Å². The van der Waals surface area contributed by atoms with Gasteiger partial charge >= 0.3 is 0 Å². The maximum atomic E-state index is 4.66. The molecular weight excluding hydrogens is 258 g/mol. The summed E-state index contributed by atoms with van der Waals surface area (Å²) < 4.78 is 0. The number of rotatable bonds is 10. The van der Waals surface area contributed by atoms with Gasteiger partial charge in [0.15, 0.2) is 0 Å². The summed E-state index contributed by atoms with van der Waals surface area (Å²) in [5.74, 6) is 0. The number of nitrogens with one attached hydrogen (secondary N) is 1. The van der Waals surface area contributed by atoms with Gasteiger partial charge < -0.3 is 10.2 Å². The number of unbranched alkanes of at least 4 members (excludes halogenated alkanes) is 2. The highest BCUT2D eigenvalue weighted by molar-refractivity contribution is 5.45. The van der Waals surface area contributed by atoms with Gasteiger partial charge in [0, 0.05) is 18.6 Å². The maximum absolute atomic E-state index is 4.66. The Balaban J connectivity index is 2.68. The Morgan fingerprint density at radius 3 is 2.38 bits per heavy atom. The van der Waals surface area contributed by atoms with Gasteiger partial charge in [0.2, 0.25) is 0 Å². The normalized spacial score (nSPS) is 12.7. The predicted molar refractivity (Wildman–Crippen MR) is 93.0 cm³/mol. The van der Waals surface area contributed by atoms with E-state index in [2.05, 4.69) is 62.0 Å². The first-order chi connectivity index (χ1) is 10.1. The van der Waals surface area contributed by atoms with Crippen LogP contribution in [0.3, 0.4) is 0 Å². The molecule has 0 bridgehead atoms. The summed E-state index contributed by atoms with van der Waals surface area (Å²) in [6, 6.07) is 5.23. The standard InChI is InChI=1S/C18H33N3/c1-6-8-9-13-21(15(3)4)17-10-11-18(20-14-17)16(5)19-12-7-2/h10-11,14-16,19H,6-9,12-13H2,1-5H3. The molecule has 1 unspecified atom stereocenters. The van der Waals surface area contributed by atoms with E-state index in [-0.39, 0.29) is 0 Å². The Bertz CT molecular complexity index is 373. The highest BCUT2D eigenvalue weighted by atomic mass is 15.2. The quantitative estimate of drug-likeness (QED) is 0.641. The lowest BCUT2D eigenvalue weighted by Gasteiger charge is -2.29. The van der Waals surface area contributed by atoms with E-state index in [0.29, 0.717) is 12.1 Å². The predicted octanol–water partition coefficient (Wildman–Crippen LogP) is 4.55. The van der Waals surface area contributed by atoms with E-state index in [0.717, 1.165) is 25.2 Å². The number of pyridine rings is 1. The fourth-order valence-electron chi connectivity index (χ4n) is 2.51. The molecule has 1 aromatic heterocycles. The molecule has 120 valence electrons. The number of hydrogen-bond donors (Lipinski definition) is 1. The molecule has 1 heterocycles. The first kappa shape index (κ1) is 18.0. The lowest BCUT2D eigenvalue weighted by atomic mass is 10.1. The van der Waals surface area contributed by atoms with Crippen molar-refractivity contribution < 1.29 is 0 Å². The molecule has 21 heavy (non-hydrogen) atoms. The van der Waals surface area contributed by atoms with Crippen molar-refractivity contribution in [1.82, 2.24) is 10.3 Å². The molecule has 0 aliphatic rings. The average molecular weight is 291 g/mol. The van der Waals surface area contributed by atoms with E-state index in [4.69, 9.17) is 0 Å². The Morgan fingerprint density at radius 1 is 1.10 bits per heavy atom. The number of hydrogen-bond acceptors (Lipinski definition) is 3. The van der Waals surface area contributed by atoms with Gasteiger partial charge in [-0.15, -0.1) is 0 Å². The van der Waals surface area contributed by atoms with Crippen LogP contribution in [0, 0.1) is 0 Å². The summed E-state index contributed by atoms with van der Waals surface area (Å²) in [6.07, 6.45) is 7.01. The van der Waals surface area contributed by atoms with Crippen molar-refractivity contribution in [3.63, 3.8) is 0 Å². The molecule has 1 rings (SSSR count). The molecule has 0 radical (unpaired) electrons. The summed E-state index contributed by atoms with van der Waals surface area (Å²) in [7, 11) is 0. The molecule has 0 amide bonds.